The van der Waals surface area contributed by atoms with Crippen LogP contribution in [0.5, 0.6) is 0 Å². The molecule has 0 amide bonds. The third kappa shape index (κ3) is 3.32. The summed E-state index contributed by atoms with van der Waals surface area (Å²) in [5.41, 5.74) is 0.0369. The summed E-state index contributed by atoms with van der Waals surface area (Å²) < 4.78 is 27.9. The fourth-order valence-electron chi connectivity index (χ4n) is 2.89. The van der Waals surface area contributed by atoms with Crippen molar-refractivity contribution in [2.75, 3.05) is 19.6 Å². The fraction of sp³-hybridized carbons (Fsp3) is 0.412. The van der Waals surface area contributed by atoms with Crippen LogP contribution in [0.25, 0.3) is 10.8 Å². The molecule has 5 heteroatoms. The molecule has 1 saturated heterocycles. The highest BCUT2D eigenvalue weighted by atomic mass is 32.2. The minimum atomic E-state index is -3.46. The summed E-state index contributed by atoms with van der Waals surface area (Å²) in [4.78, 5) is 0.337. The summed E-state index contributed by atoms with van der Waals surface area (Å²) >= 11 is 0. The number of sulfonamides is 1. The van der Waals surface area contributed by atoms with E-state index in [9.17, 15) is 8.42 Å². The molecule has 0 radical (unpaired) electrons. The van der Waals surface area contributed by atoms with Crippen molar-refractivity contribution in [1.29, 1.82) is 0 Å². The largest absolute Gasteiger partial charge is 0.317 e. The standard InChI is InChI=1S/C17H22N2O2S/c1-17(8-10-18-11-9-17)13-19-22(20,21)16-7-6-14-4-2-3-5-15(14)12-16/h2-7,12,18-19H,8-11,13H2,1H3. The molecule has 1 aliphatic heterocycles. The molecule has 0 aromatic heterocycles. The van der Waals surface area contributed by atoms with Gasteiger partial charge in [0.1, 0.15) is 0 Å². The third-order valence-electron chi connectivity index (χ3n) is 4.53. The van der Waals surface area contributed by atoms with Crippen LogP contribution in [0.15, 0.2) is 47.4 Å². The third-order valence-corrected chi connectivity index (χ3v) is 5.93. The molecule has 0 saturated carbocycles. The van der Waals surface area contributed by atoms with Crippen LogP contribution in [0.3, 0.4) is 0 Å². The second-order valence-corrected chi connectivity index (χ2v) is 8.16. The van der Waals surface area contributed by atoms with Crippen molar-refractivity contribution in [2.24, 2.45) is 5.41 Å². The number of hydrogen-bond donors (Lipinski definition) is 2. The highest BCUT2D eigenvalue weighted by Gasteiger charge is 2.28. The topological polar surface area (TPSA) is 58.2 Å². The van der Waals surface area contributed by atoms with Gasteiger partial charge in [-0.15, -0.1) is 0 Å². The van der Waals surface area contributed by atoms with Crippen LogP contribution in [0.2, 0.25) is 0 Å². The predicted molar refractivity (Wildman–Crippen MR) is 89.3 cm³/mol. The van der Waals surface area contributed by atoms with Crippen molar-refractivity contribution in [2.45, 2.75) is 24.7 Å². The van der Waals surface area contributed by atoms with E-state index in [4.69, 9.17) is 0 Å². The number of piperidine rings is 1. The molecular weight excluding hydrogens is 296 g/mol. The zero-order chi connectivity index (χ0) is 15.6. The van der Waals surface area contributed by atoms with Gasteiger partial charge in [-0.3, -0.25) is 0 Å². The summed E-state index contributed by atoms with van der Waals surface area (Å²) in [6.45, 7) is 4.54. The van der Waals surface area contributed by atoms with E-state index in [0.29, 0.717) is 11.4 Å². The van der Waals surface area contributed by atoms with Crippen LogP contribution >= 0.6 is 0 Å². The maximum Gasteiger partial charge on any atom is 0.240 e. The van der Waals surface area contributed by atoms with E-state index in [1.54, 1.807) is 12.1 Å². The second-order valence-electron chi connectivity index (χ2n) is 6.39. The van der Waals surface area contributed by atoms with Gasteiger partial charge in [-0.05, 0) is 54.3 Å². The molecule has 4 nitrogen and oxygen atoms in total. The van der Waals surface area contributed by atoms with Crippen LogP contribution in [0.1, 0.15) is 19.8 Å². The Hall–Kier alpha value is -1.43. The van der Waals surface area contributed by atoms with Crippen molar-refractivity contribution >= 4 is 20.8 Å². The summed E-state index contributed by atoms with van der Waals surface area (Å²) in [5.74, 6) is 0. The molecule has 22 heavy (non-hydrogen) atoms. The Bertz CT molecular complexity index is 765. The SMILES string of the molecule is CC1(CNS(=O)(=O)c2ccc3ccccc3c2)CCNCC1. The van der Waals surface area contributed by atoms with Crippen LogP contribution in [0, 0.1) is 5.41 Å². The maximum absolute atomic E-state index is 12.5. The summed E-state index contributed by atoms with van der Waals surface area (Å²) in [5, 5.41) is 5.30. The lowest BCUT2D eigenvalue weighted by Crippen LogP contribution is -2.42. The van der Waals surface area contributed by atoms with Crippen LogP contribution in [-0.4, -0.2) is 28.1 Å². The average Bonchev–Trinajstić information content (AvgIpc) is 2.53. The van der Waals surface area contributed by atoms with Gasteiger partial charge in [-0.2, -0.15) is 0 Å². The van der Waals surface area contributed by atoms with Gasteiger partial charge in [-0.1, -0.05) is 37.3 Å². The van der Waals surface area contributed by atoms with Gasteiger partial charge < -0.3 is 5.32 Å². The Balaban J connectivity index is 1.79. The van der Waals surface area contributed by atoms with E-state index in [2.05, 4.69) is 17.0 Å². The second kappa shape index (κ2) is 5.99. The Labute approximate surface area is 132 Å². The molecule has 0 bridgehead atoms. The number of rotatable bonds is 4. The molecule has 2 N–H and O–H groups in total. The normalized spacial score (nSPS) is 18.4. The summed E-state index contributed by atoms with van der Waals surface area (Å²) in [6, 6.07) is 13.1. The van der Waals surface area contributed by atoms with Crippen molar-refractivity contribution < 1.29 is 8.42 Å². The van der Waals surface area contributed by atoms with Gasteiger partial charge in [-0.25, -0.2) is 13.1 Å². The minimum absolute atomic E-state index is 0.0369. The fourth-order valence-corrected chi connectivity index (χ4v) is 4.13. The Kier molecular flexibility index (Phi) is 4.21. The van der Waals surface area contributed by atoms with Crippen molar-refractivity contribution in [3.05, 3.63) is 42.5 Å². The highest BCUT2D eigenvalue weighted by Crippen LogP contribution is 2.27. The predicted octanol–water partition coefficient (Wildman–Crippen LogP) is 2.51. The molecule has 0 aliphatic carbocycles. The van der Waals surface area contributed by atoms with E-state index in [1.807, 2.05) is 30.3 Å². The van der Waals surface area contributed by atoms with Gasteiger partial charge >= 0.3 is 0 Å². The minimum Gasteiger partial charge on any atom is -0.317 e. The molecule has 0 spiro atoms. The lowest BCUT2D eigenvalue weighted by Gasteiger charge is -2.34. The lowest BCUT2D eigenvalue weighted by atomic mass is 9.81. The van der Waals surface area contributed by atoms with Crippen molar-refractivity contribution in [3.8, 4) is 0 Å². The maximum atomic E-state index is 12.5. The number of benzene rings is 2. The smallest absolute Gasteiger partial charge is 0.240 e. The molecule has 0 unspecified atom stereocenters. The monoisotopic (exact) mass is 318 g/mol. The molecule has 2 aromatic rings. The lowest BCUT2D eigenvalue weighted by molar-refractivity contribution is 0.232. The van der Waals surface area contributed by atoms with Crippen molar-refractivity contribution in [1.82, 2.24) is 10.0 Å². The molecular formula is C17H22N2O2S. The summed E-state index contributed by atoms with van der Waals surface area (Å²) in [6.07, 6.45) is 1.99. The number of fused-ring (bicyclic) bond motifs is 1. The van der Waals surface area contributed by atoms with E-state index in [-0.39, 0.29) is 5.41 Å². The van der Waals surface area contributed by atoms with Crippen LogP contribution < -0.4 is 10.0 Å². The first-order valence-corrected chi connectivity index (χ1v) is 9.16. The molecule has 1 fully saturated rings. The molecule has 2 aromatic carbocycles. The van der Waals surface area contributed by atoms with E-state index < -0.39 is 10.0 Å². The number of nitrogens with one attached hydrogen (secondary N) is 2. The first-order valence-electron chi connectivity index (χ1n) is 7.68. The molecule has 118 valence electrons. The van der Waals surface area contributed by atoms with Crippen LogP contribution in [-0.2, 0) is 10.0 Å². The first kappa shape index (κ1) is 15.5. The molecule has 1 aliphatic rings. The van der Waals surface area contributed by atoms with Gasteiger partial charge in [0.05, 0.1) is 4.90 Å². The van der Waals surface area contributed by atoms with E-state index in [1.165, 1.54) is 0 Å². The molecule has 3 rings (SSSR count). The molecule has 0 atom stereocenters. The Morgan fingerprint density at radius 1 is 1.09 bits per heavy atom. The van der Waals surface area contributed by atoms with Gasteiger partial charge in [0.15, 0.2) is 0 Å². The van der Waals surface area contributed by atoms with Crippen LogP contribution in [0.4, 0.5) is 0 Å². The van der Waals surface area contributed by atoms with Gasteiger partial charge in [0, 0.05) is 6.54 Å². The van der Waals surface area contributed by atoms with E-state index >= 15 is 0 Å². The Morgan fingerprint density at radius 2 is 1.77 bits per heavy atom. The van der Waals surface area contributed by atoms with Crippen molar-refractivity contribution in [3.63, 3.8) is 0 Å². The zero-order valence-electron chi connectivity index (χ0n) is 12.8. The molecule has 1 heterocycles. The first-order chi connectivity index (χ1) is 10.5. The quantitative estimate of drug-likeness (QED) is 0.910. The van der Waals surface area contributed by atoms with Gasteiger partial charge in [0.2, 0.25) is 10.0 Å². The number of hydrogen-bond acceptors (Lipinski definition) is 3. The van der Waals surface area contributed by atoms with Gasteiger partial charge in [0.25, 0.3) is 0 Å². The highest BCUT2D eigenvalue weighted by molar-refractivity contribution is 7.89. The zero-order valence-corrected chi connectivity index (χ0v) is 13.6. The van der Waals surface area contributed by atoms with E-state index in [0.717, 1.165) is 36.7 Å². The Morgan fingerprint density at radius 3 is 2.50 bits per heavy atom. The average molecular weight is 318 g/mol. The summed E-state index contributed by atoms with van der Waals surface area (Å²) in [7, 11) is -3.46.